The second-order valence-corrected chi connectivity index (χ2v) is 8.50. The van der Waals surface area contributed by atoms with Crippen LogP contribution < -0.4 is 27.2 Å². The molecule has 0 aliphatic heterocycles. The van der Waals surface area contributed by atoms with E-state index in [1.54, 1.807) is 16.7 Å². The van der Waals surface area contributed by atoms with Gasteiger partial charge in [0.2, 0.25) is 5.91 Å². The summed E-state index contributed by atoms with van der Waals surface area (Å²) < 4.78 is 1.36. The predicted molar refractivity (Wildman–Crippen MR) is 135 cm³/mol. The number of hydrogen-bond donors (Lipinski definition) is 3. The summed E-state index contributed by atoms with van der Waals surface area (Å²) in [6, 6.07) is 17.0. The number of carbonyl (C=O) groups excluding carboxylic acids is 1. The minimum Gasteiger partial charge on any atom is -0.383 e. The Bertz CT molecular complexity index is 1210. The molecule has 0 aliphatic carbocycles. The van der Waals surface area contributed by atoms with Gasteiger partial charge in [0.15, 0.2) is 0 Å². The van der Waals surface area contributed by atoms with Crippen LogP contribution in [0.2, 0.25) is 0 Å². The molecule has 1 amide bonds. The molecule has 0 unspecified atom stereocenters. The largest absolute Gasteiger partial charge is 0.383 e. The monoisotopic (exact) mass is 467 g/mol. The zero-order valence-corrected chi connectivity index (χ0v) is 19.7. The zero-order valence-electron chi connectivity index (χ0n) is 18.8. The molecule has 0 saturated heterocycles. The van der Waals surface area contributed by atoms with Gasteiger partial charge in [0.05, 0.1) is 6.54 Å². The molecule has 0 bridgehead atoms. The Kier molecular flexibility index (Phi) is 8.37. The molecular weight excluding hydrogens is 438 g/mol. The van der Waals surface area contributed by atoms with Gasteiger partial charge in [0.1, 0.15) is 11.5 Å². The quantitative estimate of drug-likeness (QED) is 0.395. The van der Waals surface area contributed by atoms with E-state index in [4.69, 9.17) is 5.73 Å². The van der Waals surface area contributed by atoms with Gasteiger partial charge in [-0.15, -0.1) is 11.8 Å². The first-order valence-electron chi connectivity index (χ1n) is 10.8. The van der Waals surface area contributed by atoms with Crippen molar-refractivity contribution in [3.8, 4) is 0 Å². The van der Waals surface area contributed by atoms with E-state index in [1.807, 2.05) is 67.8 Å². The number of nitrogens with one attached hydrogen (secondary N) is 2. The first-order valence-corrected chi connectivity index (χ1v) is 12.0. The van der Waals surface area contributed by atoms with E-state index >= 15 is 0 Å². The Hall–Kier alpha value is -3.46. The average Bonchev–Trinajstić information content (AvgIpc) is 2.79. The highest BCUT2D eigenvalue weighted by Gasteiger charge is 2.21. The predicted octanol–water partition coefficient (Wildman–Crippen LogP) is 3.29. The van der Waals surface area contributed by atoms with Crippen molar-refractivity contribution in [1.29, 1.82) is 0 Å². The molecular formula is C24H29N5O3S. The van der Waals surface area contributed by atoms with Crippen molar-refractivity contribution in [3.05, 3.63) is 81.0 Å². The van der Waals surface area contributed by atoms with Crippen LogP contribution in [-0.4, -0.2) is 28.3 Å². The van der Waals surface area contributed by atoms with E-state index in [-0.39, 0.29) is 30.5 Å². The number of nitrogens with zero attached hydrogens (tertiary/aromatic N) is 2. The van der Waals surface area contributed by atoms with Crippen LogP contribution in [0.1, 0.15) is 25.3 Å². The third-order valence-electron chi connectivity index (χ3n) is 5.17. The fraction of sp³-hybridized carbons (Fsp3) is 0.292. The summed E-state index contributed by atoms with van der Waals surface area (Å²) in [4.78, 5) is 43.1. The van der Waals surface area contributed by atoms with Crippen molar-refractivity contribution < 1.29 is 4.79 Å². The number of anilines is 3. The molecule has 3 aromatic rings. The van der Waals surface area contributed by atoms with Gasteiger partial charge in [-0.3, -0.25) is 19.1 Å². The lowest BCUT2D eigenvalue weighted by molar-refractivity contribution is -0.115. The maximum absolute atomic E-state index is 13.0. The Balaban J connectivity index is 1.95. The molecule has 0 spiro atoms. The molecule has 3 rings (SSSR count). The van der Waals surface area contributed by atoms with Crippen LogP contribution in [0.25, 0.3) is 0 Å². The zero-order chi connectivity index (χ0) is 23.8. The highest BCUT2D eigenvalue weighted by molar-refractivity contribution is 7.98. The van der Waals surface area contributed by atoms with Crippen LogP contribution in [0.15, 0.2) is 69.1 Å². The minimum absolute atomic E-state index is 0.0605. The Morgan fingerprint density at radius 2 is 1.91 bits per heavy atom. The van der Waals surface area contributed by atoms with E-state index in [0.717, 1.165) is 23.3 Å². The number of aromatic amines is 1. The third kappa shape index (κ3) is 6.29. The maximum Gasteiger partial charge on any atom is 0.330 e. The van der Waals surface area contributed by atoms with E-state index < -0.39 is 11.2 Å². The lowest BCUT2D eigenvalue weighted by atomic mass is 10.2. The van der Waals surface area contributed by atoms with Gasteiger partial charge in [-0.1, -0.05) is 49.7 Å². The summed E-state index contributed by atoms with van der Waals surface area (Å²) in [5.41, 5.74) is 6.84. The fourth-order valence-corrected chi connectivity index (χ4v) is 3.97. The lowest BCUT2D eigenvalue weighted by Gasteiger charge is -2.26. The van der Waals surface area contributed by atoms with E-state index in [1.165, 1.54) is 4.57 Å². The second-order valence-electron chi connectivity index (χ2n) is 7.62. The molecule has 1 heterocycles. The number of amides is 1. The van der Waals surface area contributed by atoms with E-state index in [9.17, 15) is 14.4 Å². The number of H-pyrrole nitrogens is 1. The standard InChI is InChI=1S/C24H29N5O3S/c1-3-4-13-29-22(25)21(23(31)27-24(29)32)28(15-17-9-6-5-7-10-17)16-20(30)26-18-11-8-12-19(14-18)33-2/h5-12,14H,3-4,13,15-16,25H2,1-2H3,(H,26,30)(H,27,31,32). The topological polar surface area (TPSA) is 113 Å². The smallest absolute Gasteiger partial charge is 0.330 e. The van der Waals surface area contributed by atoms with Gasteiger partial charge in [-0.05, 0) is 36.4 Å². The van der Waals surface area contributed by atoms with Crippen LogP contribution in [-0.2, 0) is 17.9 Å². The van der Waals surface area contributed by atoms with Crippen LogP contribution in [0, 0.1) is 0 Å². The molecule has 1 aromatic heterocycles. The first kappa shape index (κ1) is 24.2. The number of benzene rings is 2. The average molecular weight is 468 g/mol. The first-order chi connectivity index (χ1) is 15.9. The molecule has 4 N–H and O–H groups in total. The van der Waals surface area contributed by atoms with Gasteiger partial charge in [-0.25, -0.2) is 4.79 Å². The van der Waals surface area contributed by atoms with E-state index in [2.05, 4.69) is 10.3 Å². The number of carbonyl (C=O) groups is 1. The molecule has 0 fully saturated rings. The summed E-state index contributed by atoms with van der Waals surface area (Å²) in [6.45, 7) is 2.56. The molecule has 0 atom stereocenters. The van der Waals surface area contributed by atoms with Gasteiger partial charge >= 0.3 is 5.69 Å². The summed E-state index contributed by atoms with van der Waals surface area (Å²) in [5.74, 6) is -0.236. The summed E-state index contributed by atoms with van der Waals surface area (Å²) in [6.07, 6.45) is 3.57. The second kappa shape index (κ2) is 11.4. The number of nitrogen functional groups attached to an aromatic ring is 1. The minimum atomic E-state index is -0.613. The Morgan fingerprint density at radius 3 is 2.61 bits per heavy atom. The van der Waals surface area contributed by atoms with Crippen molar-refractivity contribution >= 4 is 34.9 Å². The van der Waals surface area contributed by atoms with Gasteiger partial charge < -0.3 is 16.0 Å². The highest BCUT2D eigenvalue weighted by Crippen LogP contribution is 2.21. The molecule has 174 valence electrons. The maximum atomic E-state index is 13.0. The highest BCUT2D eigenvalue weighted by atomic mass is 32.2. The molecule has 9 heteroatoms. The number of unbranched alkanes of at least 4 members (excludes halogenated alkanes) is 1. The molecule has 0 aliphatic rings. The molecule has 2 aromatic carbocycles. The van der Waals surface area contributed by atoms with Crippen molar-refractivity contribution in [2.24, 2.45) is 0 Å². The number of rotatable bonds is 10. The SMILES string of the molecule is CCCCn1c(N)c(N(CC(=O)Nc2cccc(SC)c2)Cc2ccccc2)c(=O)[nH]c1=O. The van der Waals surface area contributed by atoms with Gasteiger partial charge in [-0.2, -0.15) is 0 Å². The summed E-state index contributed by atoms with van der Waals surface area (Å²) in [5, 5.41) is 2.89. The van der Waals surface area contributed by atoms with Crippen LogP contribution in [0.4, 0.5) is 17.2 Å². The van der Waals surface area contributed by atoms with Crippen molar-refractivity contribution in [2.45, 2.75) is 37.8 Å². The van der Waals surface area contributed by atoms with Crippen LogP contribution >= 0.6 is 11.8 Å². The molecule has 0 radical (unpaired) electrons. The van der Waals surface area contributed by atoms with Crippen molar-refractivity contribution in [1.82, 2.24) is 9.55 Å². The van der Waals surface area contributed by atoms with Crippen molar-refractivity contribution in [2.75, 3.05) is 28.8 Å². The van der Waals surface area contributed by atoms with Gasteiger partial charge in [0.25, 0.3) is 5.56 Å². The van der Waals surface area contributed by atoms with Crippen molar-refractivity contribution in [3.63, 3.8) is 0 Å². The lowest BCUT2D eigenvalue weighted by Crippen LogP contribution is -2.41. The third-order valence-corrected chi connectivity index (χ3v) is 5.90. The number of hydrogen-bond acceptors (Lipinski definition) is 6. The molecule has 8 nitrogen and oxygen atoms in total. The fourth-order valence-electron chi connectivity index (χ4n) is 3.51. The molecule has 33 heavy (non-hydrogen) atoms. The van der Waals surface area contributed by atoms with E-state index in [0.29, 0.717) is 12.2 Å². The summed E-state index contributed by atoms with van der Waals surface area (Å²) >= 11 is 1.58. The Labute approximate surface area is 196 Å². The van der Waals surface area contributed by atoms with Crippen LogP contribution in [0.3, 0.4) is 0 Å². The normalized spacial score (nSPS) is 10.7. The van der Waals surface area contributed by atoms with Gasteiger partial charge in [0, 0.05) is 23.7 Å². The van der Waals surface area contributed by atoms with Crippen LogP contribution in [0.5, 0.6) is 0 Å². The molecule has 0 saturated carbocycles. The number of thioether (sulfide) groups is 1. The summed E-state index contributed by atoms with van der Waals surface area (Å²) in [7, 11) is 0. The number of nitrogens with two attached hydrogens (primary N) is 1. The number of aromatic nitrogens is 2. The Morgan fingerprint density at radius 1 is 1.15 bits per heavy atom.